The number of fused-ring (bicyclic) bond motifs is 1. The standard InChI is InChI=1S/C22H22ClN3O4S2/c1-15-12-22(25-19-5-3-2-4-17(15)19)31-14-21(27)24-16-6-7-18(23)20(13-16)32(28,29)26-8-10-30-11-9-26/h2-7,12-13H,8-11,14H2,1H3,(H,24,27). The molecule has 2 aromatic carbocycles. The van der Waals surface area contributed by atoms with E-state index in [4.69, 9.17) is 16.3 Å². The Morgan fingerprint density at radius 2 is 1.94 bits per heavy atom. The van der Waals surface area contributed by atoms with Crippen LogP contribution in [0.2, 0.25) is 5.02 Å². The molecule has 3 aromatic rings. The number of pyridine rings is 1. The zero-order chi connectivity index (χ0) is 22.7. The number of aryl methyl sites for hydroxylation is 1. The van der Waals surface area contributed by atoms with Gasteiger partial charge in [-0.25, -0.2) is 13.4 Å². The third-order valence-corrected chi connectivity index (χ3v) is 8.35. The summed E-state index contributed by atoms with van der Waals surface area (Å²) >= 11 is 7.50. The number of nitrogens with zero attached hydrogens (tertiary/aromatic N) is 2. The fourth-order valence-electron chi connectivity index (χ4n) is 3.43. The lowest BCUT2D eigenvalue weighted by molar-refractivity contribution is -0.113. The van der Waals surface area contributed by atoms with Gasteiger partial charge in [-0.15, -0.1) is 0 Å². The van der Waals surface area contributed by atoms with Crippen molar-refractivity contribution in [2.75, 3.05) is 37.4 Å². The third-order valence-electron chi connectivity index (χ3n) is 5.05. The first-order chi connectivity index (χ1) is 15.3. The van der Waals surface area contributed by atoms with Crippen LogP contribution in [0.5, 0.6) is 0 Å². The van der Waals surface area contributed by atoms with E-state index in [1.165, 1.54) is 28.2 Å². The Kier molecular flexibility index (Phi) is 7.02. The second kappa shape index (κ2) is 9.76. The average Bonchev–Trinajstić information content (AvgIpc) is 2.79. The molecule has 168 valence electrons. The predicted molar refractivity (Wildman–Crippen MR) is 127 cm³/mol. The summed E-state index contributed by atoms with van der Waals surface area (Å²) in [6.45, 7) is 3.23. The summed E-state index contributed by atoms with van der Waals surface area (Å²) in [5.74, 6) is -0.126. The SMILES string of the molecule is Cc1cc(SCC(=O)Nc2ccc(Cl)c(S(=O)(=O)N3CCOCC3)c2)nc2ccccc12. The lowest BCUT2D eigenvalue weighted by Gasteiger charge is -2.26. The summed E-state index contributed by atoms with van der Waals surface area (Å²) in [6.07, 6.45) is 0. The number of thioether (sulfide) groups is 1. The number of morpholine rings is 1. The molecule has 0 atom stereocenters. The number of halogens is 1. The molecule has 0 unspecified atom stereocenters. The molecule has 1 aliphatic rings. The molecule has 1 aromatic heterocycles. The Labute approximate surface area is 196 Å². The van der Waals surface area contributed by atoms with E-state index in [0.29, 0.717) is 18.9 Å². The van der Waals surface area contributed by atoms with E-state index in [9.17, 15) is 13.2 Å². The fraction of sp³-hybridized carbons (Fsp3) is 0.273. The second-order valence-electron chi connectivity index (χ2n) is 7.29. The van der Waals surface area contributed by atoms with Gasteiger partial charge in [-0.1, -0.05) is 41.6 Å². The van der Waals surface area contributed by atoms with Gasteiger partial charge in [-0.05, 0) is 42.8 Å². The number of para-hydroxylation sites is 1. The van der Waals surface area contributed by atoms with E-state index in [1.54, 1.807) is 6.07 Å². The number of sulfonamides is 1. The molecule has 1 saturated heterocycles. The van der Waals surface area contributed by atoms with Gasteiger partial charge < -0.3 is 10.1 Å². The molecule has 0 spiro atoms. The van der Waals surface area contributed by atoms with Crippen LogP contribution in [0.15, 0.2) is 58.5 Å². The van der Waals surface area contributed by atoms with Crippen LogP contribution in [0.4, 0.5) is 5.69 Å². The van der Waals surface area contributed by atoms with Crippen molar-refractivity contribution in [3.05, 3.63) is 59.1 Å². The summed E-state index contributed by atoms with van der Waals surface area (Å²) in [6, 6.07) is 14.3. The van der Waals surface area contributed by atoms with Gasteiger partial charge in [0.15, 0.2) is 0 Å². The highest BCUT2D eigenvalue weighted by Gasteiger charge is 2.28. The highest BCUT2D eigenvalue weighted by molar-refractivity contribution is 7.99. The molecule has 4 rings (SSSR count). The Bertz CT molecular complexity index is 1260. The van der Waals surface area contributed by atoms with E-state index >= 15 is 0 Å². The van der Waals surface area contributed by atoms with Crippen LogP contribution < -0.4 is 5.32 Å². The van der Waals surface area contributed by atoms with E-state index in [0.717, 1.165) is 21.5 Å². The summed E-state index contributed by atoms with van der Waals surface area (Å²) in [5, 5.41) is 4.70. The number of carbonyl (C=O) groups is 1. The molecule has 1 fully saturated rings. The van der Waals surface area contributed by atoms with Gasteiger partial charge in [0.05, 0.1) is 34.5 Å². The molecular formula is C22H22ClN3O4S2. The Morgan fingerprint density at radius 1 is 1.19 bits per heavy atom. The average molecular weight is 492 g/mol. The topological polar surface area (TPSA) is 88.6 Å². The van der Waals surface area contributed by atoms with E-state index in [2.05, 4.69) is 10.3 Å². The van der Waals surface area contributed by atoms with Gasteiger partial charge in [-0.2, -0.15) is 4.31 Å². The van der Waals surface area contributed by atoms with Crippen LogP contribution in [0.3, 0.4) is 0 Å². The molecule has 32 heavy (non-hydrogen) atoms. The number of aromatic nitrogens is 1. The Balaban J connectivity index is 1.45. The van der Waals surface area contributed by atoms with Crippen LogP contribution in [-0.4, -0.2) is 55.7 Å². The Hall–Kier alpha value is -2.17. The van der Waals surface area contributed by atoms with Crippen molar-refractivity contribution in [2.24, 2.45) is 0 Å². The lowest BCUT2D eigenvalue weighted by atomic mass is 10.1. The minimum Gasteiger partial charge on any atom is -0.379 e. The monoisotopic (exact) mass is 491 g/mol. The van der Waals surface area contributed by atoms with Gasteiger partial charge in [0.25, 0.3) is 0 Å². The zero-order valence-electron chi connectivity index (χ0n) is 17.4. The van der Waals surface area contributed by atoms with Gasteiger partial charge in [0.2, 0.25) is 15.9 Å². The zero-order valence-corrected chi connectivity index (χ0v) is 19.8. The molecule has 1 aliphatic heterocycles. The van der Waals surface area contributed by atoms with Crippen molar-refractivity contribution in [1.82, 2.24) is 9.29 Å². The number of hydrogen-bond donors (Lipinski definition) is 1. The number of nitrogens with one attached hydrogen (secondary N) is 1. The number of amides is 1. The van der Waals surface area contributed by atoms with Crippen LogP contribution in [0.1, 0.15) is 5.56 Å². The van der Waals surface area contributed by atoms with Gasteiger partial charge >= 0.3 is 0 Å². The second-order valence-corrected chi connectivity index (χ2v) is 10.6. The minimum absolute atomic E-state index is 0.0293. The first kappa shape index (κ1) is 23.0. The molecule has 0 saturated carbocycles. The van der Waals surface area contributed by atoms with Crippen LogP contribution in [0, 0.1) is 6.92 Å². The molecule has 0 bridgehead atoms. The maximum absolute atomic E-state index is 13.0. The lowest BCUT2D eigenvalue weighted by Crippen LogP contribution is -2.40. The number of anilines is 1. The molecular weight excluding hydrogens is 470 g/mol. The molecule has 10 heteroatoms. The summed E-state index contributed by atoms with van der Waals surface area (Å²) in [7, 11) is -3.78. The molecule has 0 radical (unpaired) electrons. The first-order valence-electron chi connectivity index (χ1n) is 10.0. The first-order valence-corrected chi connectivity index (χ1v) is 12.8. The summed E-state index contributed by atoms with van der Waals surface area (Å²) < 4.78 is 32.5. The maximum atomic E-state index is 13.0. The van der Waals surface area contributed by atoms with E-state index in [1.807, 2.05) is 37.3 Å². The normalized spacial score (nSPS) is 15.1. The number of hydrogen-bond acceptors (Lipinski definition) is 6. The van der Waals surface area contributed by atoms with Gasteiger partial charge in [0.1, 0.15) is 4.90 Å². The summed E-state index contributed by atoms with van der Waals surface area (Å²) in [5.41, 5.74) is 2.34. The minimum atomic E-state index is -3.78. The van der Waals surface area contributed by atoms with Crippen molar-refractivity contribution in [3.8, 4) is 0 Å². The molecule has 0 aliphatic carbocycles. The van der Waals surface area contributed by atoms with Crippen LogP contribution in [-0.2, 0) is 19.6 Å². The molecule has 7 nitrogen and oxygen atoms in total. The quantitative estimate of drug-likeness (QED) is 0.525. The van der Waals surface area contributed by atoms with E-state index < -0.39 is 10.0 Å². The number of carbonyl (C=O) groups excluding carboxylic acids is 1. The summed E-state index contributed by atoms with van der Waals surface area (Å²) in [4.78, 5) is 17.1. The third kappa shape index (κ3) is 5.07. The van der Waals surface area contributed by atoms with Crippen molar-refractivity contribution < 1.29 is 17.9 Å². The Morgan fingerprint density at radius 3 is 2.72 bits per heavy atom. The highest BCUT2D eigenvalue weighted by Crippen LogP contribution is 2.29. The number of benzene rings is 2. The van der Waals surface area contributed by atoms with Crippen LogP contribution >= 0.6 is 23.4 Å². The molecule has 1 N–H and O–H groups in total. The maximum Gasteiger partial charge on any atom is 0.244 e. The van der Waals surface area contributed by atoms with Crippen molar-refractivity contribution in [1.29, 1.82) is 0 Å². The van der Waals surface area contributed by atoms with Gasteiger partial charge in [-0.3, -0.25) is 4.79 Å². The number of ether oxygens (including phenoxy) is 1. The van der Waals surface area contributed by atoms with Gasteiger partial charge in [0, 0.05) is 24.2 Å². The van der Waals surface area contributed by atoms with E-state index in [-0.39, 0.29) is 34.7 Å². The predicted octanol–water partition coefficient (Wildman–Crippen LogP) is 3.95. The highest BCUT2D eigenvalue weighted by atomic mass is 35.5. The smallest absolute Gasteiger partial charge is 0.244 e. The van der Waals surface area contributed by atoms with Crippen LogP contribution in [0.25, 0.3) is 10.9 Å². The van der Waals surface area contributed by atoms with Crippen molar-refractivity contribution in [3.63, 3.8) is 0 Å². The van der Waals surface area contributed by atoms with Crippen molar-refractivity contribution in [2.45, 2.75) is 16.8 Å². The van der Waals surface area contributed by atoms with Crippen molar-refractivity contribution >= 4 is 55.9 Å². The molecule has 1 amide bonds. The largest absolute Gasteiger partial charge is 0.379 e. The molecule has 2 heterocycles. The fourth-order valence-corrected chi connectivity index (χ4v) is 6.12. The number of rotatable bonds is 6.